The Kier molecular flexibility index (Phi) is 11.4. The fraction of sp³-hybridized carbons (Fsp3) is 0.400. The molecule has 0 spiro atoms. The molecule has 252 valence electrons. The van der Waals surface area contributed by atoms with Crippen molar-refractivity contribution in [1.82, 2.24) is 20.1 Å². The summed E-state index contributed by atoms with van der Waals surface area (Å²) in [5.74, 6) is 4.35. The van der Waals surface area contributed by atoms with Crippen LogP contribution >= 0.6 is 0 Å². The number of anilines is 1. The molecule has 1 aliphatic rings. The van der Waals surface area contributed by atoms with E-state index in [0.29, 0.717) is 16.8 Å². The van der Waals surface area contributed by atoms with Gasteiger partial charge in [-0.25, -0.2) is 0 Å². The van der Waals surface area contributed by atoms with Crippen molar-refractivity contribution in [1.29, 1.82) is 0 Å². The summed E-state index contributed by atoms with van der Waals surface area (Å²) in [6.07, 6.45) is -1.72. The molecule has 12 heteroatoms. The zero-order valence-electron chi connectivity index (χ0n) is 27.5. The summed E-state index contributed by atoms with van der Waals surface area (Å²) in [7, 11) is 2.13. The molecular formula is C35H43F3N6O3. The fourth-order valence-corrected chi connectivity index (χ4v) is 5.15. The second-order valence-electron chi connectivity index (χ2n) is 13.0. The van der Waals surface area contributed by atoms with Crippen molar-refractivity contribution >= 4 is 17.5 Å². The van der Waals surface area contributed by atoms with E-state index >= 15 is 0 Å². The second-order valence-corrected chi connectivity index (χ2v) is 13.0. The van der Waals surface area contributed by atoms with Gasteiger partial charge in [-0.3, -0.25) is 19.5 Å². The monoisotopic (exact) mass is 652 g/mol. The highest BCUT2D eigenvalue weighted by molar-refractivity contribution is 6.04. The van der Waals surface area contributed by atoms with Gasteiger partial charge in [-0.05, 0) is 90.0 Å². The SMILES string of the molecule is Cc1ccc(NC(=O)c2cc(CN3CCN(C)CC3)cc(C(C)(C)C)c2)cc1C/C=C(\ON)C(=O)NCc1ccc(C(F)(F)F)nc1. The summed E-state index contributed by atoms with van der Waals surface area (Å²) in [6, 6.07) is 13.7. The lowest BCUT2D eigenvalue weighted by molar-refractivity contribution is -0.141. The van der Waals surface area contributed by atoms with Gasteiger partial charge >= 0.3 is 6.18 Å². The number of rotatable bonds is 10. The number of hydrogen-bond acceptors (Lipinski definition) is 7. The van der Waals surface area contributed by atoms with Gasteiger partial charge in [-0.1, -0.05) is 39.0 Å². The largest absolute Gasteiger partial charge is 0.433 e. The molecular weight excluding hydrogens is 609 g/mol. The van der Waals surface area contributed by atoms with Gasteiger partial charge in [0.25, 0.3) is 11.8 Å². The number of halogens is 3. The highest BCUT2D eigenvalue weighted by Gasteiger charge is 2.32. The number of alkyl halides is 3. The number of pyridine rings is 1. The summed E-state index contributed by atoms with van der Waals surface area (Å²) < 4.78 is 38.3. The number of carbonyl (C=O) groups is 2. The van der Waals surface area contributed by atoms with Gasteiger partial charge in [0.1, 0.15) is 5.69 Å². The maximum absolute atomic E-state index is 13.5. The Balaban J connectivity index is 1.43. The van der Waals surface area contributed by atoms with Gasteiger partial charge in [0.2, 0.25) is 5.76 Å². The average Bonchev–Trinajstić information content (AvgIpc) is 3.02. The molecule has 0 radical (unpaired) electrons. The summed E-state index contributed by atoms with van der Waals surface area (Å²) in [4.78, 5) is 39.1. The quantitative estimate of drug-likeness (QED) is 0.154. The molecule has 2 amide bonds. The molecule has 9 nitrogen and oxygen atoms in total. The van der Waals surface area contributed by atoms with Gasteiger partial charge in [0.05, 0.1) is 0 Å². The Hall–Kier alpha value is -4.26. The summed E-state index contributed by atoms with van der Waals surface area (Å²) in [6.45, 7) is 13.0. The van der Waals surface area contributed by atoms with Crippen LogP contribution in [0.4, 0.5) is 18.9 Å². The number of amides is 2. The van der Waals surface area contributed by atoms with Crippen LogP contribution in [-0.4, -0.2) is 59.8 Å². The number of allylic oxidation sites excluding steroid dienone is 1. The topological polar surface area (TPSA) is 113 Å². The number of nitrogens with zero attached hydrogens (tertiary/aromatic N) is 3. The smallest absolute Gasteiger partial charge is 0.406 e. The first-order valence-electron chi connectivity index (χ1n) is 15.5. The molecule has 1 saturated heterocycles. The van der Waals surface area contributed by atoms with E-state index in [1.807, 2.05) is 37.3 Å². The maximum Gasteiger partial charge on any atom is 0.433 e. The van der Waals surface area contributed by atoms with E-state index in [1.165, 1.54) is 12.1 Å². The molecule has 2 aromatic carbocycles. The van der Waals surface area contributed by atoms with Crippen molar-refractivity contribution in [2.75, 3.05) is 38.5 Å². The van der Waals surface area contributed by atoms with Crippen molar-refractivity contribution in [2.24, 2.45) is 5.90 Å². The lowest BCUT2D eigenvalue weighted by Crippen LogP contribution is -2.43. The highest BCUT2D eigenvalue weighted by atomic mass is 19.4. The van der Waals surface area contributed by atoms with E-state index in [2.05, 4.69) is 59.3 Å². The lowest BCUT2D eigenvalue weighted by atomic mass is 9.85. The minimum atomic E-state index is -4.55. The van der Waals surface area contributed by atoms with Crippen molar-refractivity contribution in [2.45, 2.75) is 58.8 Å². The molecule has 1 fully saturated rings. The molecule has 0 unspecified atom stereocenters. The molecule has 4 N–H and O–H groups in total. The van der Waals surface area contributed by atoms with Crippen molar-refractivity contribution < 1.29 is 27.6 Å². The molecule has 47 heavy (non-hydrogen) atoms. The summed E-state index contributed by atoms with van der Waals surface area (Å²) >= 11 is 0. The van der Waals surface area contributed by atoms with Crippen molar-refractivity contribution in [3.63, 3.8) is 0 Å². The Morgan fingerprint density at radius 1 is 1.00 bits per heavy atom. The van der Waals surface area contributed by atoms with Crippen LogP contribution in [0.2, 0.25) is 0 Å². The minimum Gasteiger partial charge on any atom is -0.406 e. The van der Waals surface area contributed by atoms with Gasteiger partial charge in [0, 0.05) is 56.7 Å². The number of carbonyl (C=O) groups excluding carboxylic acids is 2. The number of aryl methyl sites for hydroxylation is 1. The first-order valence-corrected chi connectivity index (χ1v) is 15.5. The molecule has 0 aliphatic carbocycles. The van der Waals surface area contributed by atoms with E-state index in [1.54, 1.807) is 0 Å². The van der Waals surface area contributed by atoms with Crippen LogP contribution in [0.1, 0.15) is 64.6 Å². The molecule has 0 atom stereocenters. The molecule has 4 rings (SSSR count). The first kappa shape index (κ1) is 35.6. The normalized spacial score (nSPS) is 15.0. The fourth-order valence-electron chi connectivity index (χ4n) is 5.15. The number of hydrogen-bond donors (Lipinski definition) is 3. The maximum atomic E-state index is 13.5. The number of nitrogens with two attached hydrogens (primary N) is 1. The third-order valence-electron chi connectivity index (χ3n) is 8.16. The van der Waals surface area contributed by atoms with Gasteiger partial charge in [-0.2, -0.15) is 19.1 Å². The van der Waals surface area contributed by atoms with Crippen LogP contribution in [0.25, 0.3) is 0 Å². The van der Waals surface area contributed by atoms with E-state index in [0.717, 1.165) is 67.2 Å². The number of nitrogens with one attached hydrogen (secondary N) is 2. The first-order chi connectivity index (χ1) is 22.1. The summed E-state index contributed by atoms with van der Waals surface area (Å²) in [5, 5.41) is 5.59. The van der Waals surface area contributed by atoms with Crippen LogP contribution in [-0.2, 0) is 40.7 Å². The third kappa shape index (κ3) is 10.1. The second kappa shape index (κ2) is 15.1. The zero-order valence-corrected chi connectivity index (χ0v) is 27.5. The Bertz CT molecular complexity index is 1590. The number of aromatic nitrogens is 1. The van der Waals surface area contributed by atoms with E-state index in [4.69, 9.17) is 10.7 Å². The van der Waals surface area contributed by atoms with E-state index < -0.39 is 17.8 Å². The third-order valence-corrected chi connectivity index (χ3v) is 8.16. The number of likely N-dealkylation sites (N-methyl/N-ethyl adjacent to an activating group) is 1. The number of benzene rings is 2. The molecule has 3 aromatic rings. The minimum absolute atomic E-state index is 0.0707. The van der Waals surface area contributed by atoms with Crippen LogP contribution in [0, 0.1) is 6.92 Å². The summed E-state index contributed by atoms with van der Waals surface area (Å²) in [5.41, 5.74) is 4.35. The van der Waals surface area contributed by atoms with Crippen LogP contribution < -0.4 is 16.5 Å². The highest BCUT2D eigenvalue weighted by Crippen LogP contribution is 2.28. The molecule has 2 heterocycles. The van der Waals surface area contributed by atoms with Crippen LogP contribution in [0.5, 0.6) is 0 Å². The average molecular weight is 653 g/mol. The van der Waals surface area contributed by atoms with Crippen molar-refractivity contribution in [3.8, 4) is 0 Å². The predicted molar refractivity (Wildman–Crippen MR) is 175 cm³/mol. The molecule has 1 aliphatic heterocycles. The lowest BCUT2D eigenvalue weighted by Gasteiger charge is -2.32. The van der Waals surface area contributed by atoms with Gasteiger partial charge in [0.15, 0.2) is 0 Å². The van der Waals surface area contributed by atoms with Crippen LogP contribution in [0.15, 0.2) is 66.6 Å². The van der Waals surface area contributed by atoms with Gasteiger partial charge < -0.3 is 20.4 Å². The zero-order chi connectivity index (χ0) is 34.4. The van der Waals surface area contributed by atoms with E-state index in [-0.39, 0.29) is 30.0 Å². The Labute approximate surface area is 273 Å². The predicted octanol–water partition coefficient (Wildman–Crippen LogP) is 5.34. The number of piperazine rings is 1. The van der Waals surface area contributed by atoms with Crippen molar-refractivity contribution in [3.05, 3.63) is 106 Å². The van der Waals surface area contributed by atoms with Gasteiger partial charge in [-0.15, -0.1) is 0 Å². The van der Waals surface area contributed by atoms with Crippen LogP contribution in [0.3, 0.4) is 0 Å². The molecule has 0 bridgehead atoms. The molecule has 0 saturated carbocycles. The standard InChI is InChI=1S/C35H43F3N6O3/c1-23-6-9-29(19-26(23)8-10-30(47-39)33(46)41-21-24-7-11-31(40-20-24)35(36,37)38)42-32(45)27-16-25(17-28(18-27)34(2,3)4)22-44-14-12-43(5)13-15-44/h6-7,9-11,16-20H,8,12-15,21-22,39H2,1-5H3,(H,41,46)(H,42,45)/b30-10-. The Morgan fingerprint density at radius 2 is 1.72 bits per heavy atom. The molecule has 1 aromatic heterocycles. The Morgan fingerprint density at radius 3 is 2.34 bits per heavy atom. The van der Waals surface area contributed by atoms with E-state index in [9.17, 15) is 22.8 Å².